The molecule has 1 aromatic rings. The van der Waals surface area contributed by atoms with Crippen molar-refractivity contribution in [3.63, 3.8) is 0 Å². The summed E-state index contributed by atoms with van der Waals surface area (Å²) in [5.74, 6) is 0. The molecule has 0 radical (unpaired) electrons. The van der Waals surface area contributed by atoms with Crippen LogP contribution < -0.4 is 10.6 Å². The van der Waals surface area contributed by atoms with Crippen LogP contribution in [0.1, 0.15) is 31.7 Å². The van der Waals surface area contributed by atoms with Crippen LogP contribution >= 0.6 is 0 Å². The Morgan fingerprint density at radius 3 is 2.85 bits per heavy atom. The summed E-state index contributed by atoms with van der Waals surface area (Å²) >= 11 is 0. The van der Waals surface area contributed by atoms with Crippen molar-refractivity contribution in [2.75, 3.05) is 31.6 Å². The predicted molar refractivity (Wildman–Crippen MR) is 85.2 cm³/mol. The van der Waals surface area contributed by atoms with Crippen LogP contribution in [-0.4, -0.2) is 43.2 Å². The number of rotatable bonds is 2. The van der Waals surface area contributed by atoms with Gasteiger partial charge in [0.25, 0.3) is 0 Å². The van der Waals surface area contributed by atoms with Gasteiger partial charge < -0.3 is 15.5 Å². The van der Waals surface area contributed by atoms with Crippen LogP contribution in [0.5, 0.6) is 0 Å². The number of likely N-dealkylation sites (tertiary alicyclic amines) is 1. The first-order chi connectivity index (χ1) is 9.66. The molecule has 2 aliphatic heterocycles. The zero-order chi connectivity index (χ0) is 14.2. The van der Waals surface area contributed by atoms with Crippen molar-refractivity contribution in [2.24, 2.45) is 5.73 Å². The molecular formula is C17H27N3. The van der Waals surface area contributed by atoms with Crippen molar-refractivity contribution in [2.45, 2.75) is 44.2 Å². The van der Waals surface area contributed by atoms with Crippen molar-refractivity contribution >= 4 is 5.69 Å². The molecule has 0 aromatic heterocycles. The van der Waals surface area contributed by atoms with E-state index in [1.54, 1.807) is 0 Å². The molecule has 3 rings (SSSR count). The van der Waals surface area contributed by atoms with Gasteiger partial charge in [0.2, 0.25) is 0 Å². The topological polar surface area (TPSA) is 32.5 Å². The second kappa shape index (κ2) is 5.38. The molecule has 0 spiro atoms. The van der Waals surface area contributed by atoms with Crippen molar-refractivity contribution < 1.29 is 0 Å². The molecule has 110 valence electrons. The smallest absolute Gasteiger partial charge is 0.0551 e. The lowest BCUT2D eigenvalue weighted by Crippen LogP contribution is -2.62. The van der Waals surface area contributed by atoms with Crippen LogP contribution in [0, 0.1) is 0 Å². The summed E-state index contributed by atoms with van der Waals surface area (Å²) < 4.78 is 0. The van der Waals surface area contributed by atoms with E-state index in [-0.39, 0.29) is 5.54 Å². The Bertz CT molecular complexity index is 473. The van der Waals surface area contributed by atoms with Gasteiger partial charge >= 0.3 is 0 Å². The van der Waals surface area contributed by atoms with Gasteiger partial charge in [0.05, 0.1) is 5.54 Å². The van der Waals surface area contributed by atoms with Crippen molar-refractivity contribution in [3.8, 4) is 0 Å². The van der Waals surface area contributed by atoms with Gasteiger partial charge in [-0.05, 0) is 51.3 Å². The Balaban J connectivity index is 1.95. The van der Waals surface area contributed by atoms with Crippen LogP contribution in [-0.2, 0) is 6.42 Å². The lowest BCUT2D eigenvalue weighted by molar-refractivity contribution is 0.128. The fourth-order valence-electron chi connectivity index (χ4n) is 3.98. The predicted octanol–water partition coefficient (Wildman–Crippen LogP) is 2.25. The quantitative estimate of drug-likeness (QED) is 0.897. The lowest BCUT2D eigenvalue weighted by atomic mass is 9.80. The van der Waals surface area contributed by atoms with Gasteiger partial charge in [0, 0.05) is 31.4 Å². The Morgan fingerprint density at radius 1 is 1.30 bits per heavy atom. The minimum absolute atomic E-state index is 0.155. The first kappa shape index (κ1) is 13.9. The monoisotopic (exact) mass is 273 g/mol. The fraction of sp³-hybridized carbons (Fsp3) is 0.647. The molecule has 0 saturated carbocycles. The molecule has 0 bridgehead atoms. The minimum Gasteiger partial charge on any atom is -0.364 e. The minimum atomic E-state index is 0.155. The van der Waals surface area contributed by atoms with E-state index in [4.69, 9.17) is 5.73 Å². The maximum atomic E-state index is 6.27. The molecule has 2 heterocycles. The van der Waals surface area contributed by atoms with E-state index in [0.29, 0.717) is 6.04 Å². The number of nitrogens with zero attached hydrogens (tertiary/aromatic N) is 2. The summed E-state index contributed by atoms with van der Waals surface area (Å²) in [6.45, 7) is 5.40. The number of aryl methyl sites for hydroxylation is 1. The molecule has 2 atom stereocenters. The van der Waals surface area contributed by atoms with Crippen LogP contribution in [0.15, 0.2) is 24.3 Å². The molecule has 20 heavy (non-hydrogen) atoms. The van der Waals surface area contributed by atoms with Gasteiger partial charge in [-0.2, -0.15) is 0 Å². The van der Waals surface area contributed by atoms with Crippen molar-refractivity contribution in [3.05, 3.63) is 29.8 Å². The van der Waals surface area contributed by atoms with Gasteiger partial charge in [0.15, 0.2) is 0 Å². The van der Waals surface area contributed by atoms with E-state index in [2.05, 4.69) is 48.0 Å². The molecule has 3 nitrogen and oxygen atoms in total. The molecular weight excluding hydrogens is 246 g/mol. The summed E-state index contributed by atoms with van der Waals surface area (Å²) in [4.78, 5) is 5.10. The summed E-state index contributed by atoms with van der Waals surface area (Å²) in [6.07, 6.45) is 4.82. The summed E-state index contributed by atoms with van der Waals surface area (Å²) in [5, 5.41) is 0. The van der Waals surface area contributed by atoms with E-state index in [9.17, 15) is 0 Å². The number of para-hydroxylation sites is 1. The van der Waals surface area contributed by atoms with Gasteiger partial charge in [0.1, 0.15) is 0 Å². The van der Waals surface area contributed by atoms with E-state index >= 15 is 0 Å². The lowest BCUT2D eigenvalue weighted by Gasteiger charge is -2.53. The number of anilines is 1. The van der Waals surface area contributed by atoms with Gasteiger partial charge in [-0.3, -0.25) is 0 Å². The van der Waals surface area contributed by atoms with E-state index in [0.717, 1.165) is 19.6 Å². The third-order valence-corrected chi connectivity index (χ3v) is 5.42. The Morgan fingerprint density at radius 2 is 2.10 bits per heavy atom. The highest BCUT2D eigenvalue weighted by Crippen LogP contribution is 2.38. The molecule has 1 fully saturated rings. The molecule has 2 aliphatic rings. The zero-order valence-corrected chi connectivity index (χ0v) is 12.8. The first-order valence-electron chi connectivity index (χ1n) is 7.92. The van der Waals surface area contributed by atoms with Crippen LogP contribution in [0.4, 0.5) is 5.69 Å². The average molecular weight is 273 g/mol. The standard InChI is InChI=1S/C17H27N3/c1-14-12-17(13-18,9-11-19(14)2)20-10-5-7-15-6-3-4-8-16(15)20/h3-4,6,8,14H,5,7,9-13,18H2,1-2H3. The fourth-order valence-corrected chi connectivity index (χ4v) is 3.98. The van der Waals surface area contributed by atoms with Crippen LogP contribution in [0.25, 0.3) is 0 Å². The summed E-state index contributed by atoms with van der Waals surface area (Å²) in [7, 11) is 2.23. The summed E-state index contributed by atoms with van der Waals surface area (Å²) in [5.41, 5.74) is 9.36. The Labute approximate surface area is 122 Å². The van der Waals surface area contributed by atoms with E-state index in [1.807, 2.05) is 0 Å². The molecule has 2 N–H and O–H groups in total. The number of nitrogens with two attached hydrogens (primary N) is 1. The second-order valence-electron chi connectivity index (χ2n) is 6.60. The van der Waals surface area contributed by atoms with E-state index in [1.165, 1.54) is 36.9 Å². The Hall–Kier alpha value is -1.06. The first-order valence-corrected chi connectivity index (χ1v) is 7.92. The normalized spacial score (nSPS) is 31.1. The number of benzene rings is 1. The van der Waals surface area contributed by atoms with Crippen molar-refractivity contribution in [1.29, 1.82) is 0 Å². The summed E-state index contributed by atoms with van der Waals surface area (Å²) in [6, 6.07) is 9.51. The van der Waals surface area contributed by atoms with Gasteiger partial charge in [-0.25, -0.2) is 0 Å². The molecule has 0 aliphatic carbocycles. The Kier molecular flexibility index (Phi) is 3.74. The maximum Gasteiger partial charge on any atom is 0.0551 e. The van der Waals surface area contributed by atoms with Gasteiger partial charge in [-0.15, -0.1) is 0 Å². The number of piperidine rings is 1. The van der Waals surface area contributed by atoms with Crippen LogP contribution in [0.2, 0.25) is 0 Å². The highest BCUT2D eigenvalue weighted by atomic mass is 15.3. The highest BCUT2D eigenvalue weighted by molar-refractivity contribution is 5.58. The van der Waals surface area contributed by atoms with Gasteiger partial charge in [-0.1, -0.05) is 18.2 Å². The molecule has 3 heteroatoms. The highest BCUT2D eigenvalue weighted by Gasteiger charge is 2.42. The molecule has 1 saturated heterocycles. The van der Waals surface area contributed by atoms with Crippen molar-refractivity contribution in [1.82, 2.24) is 4.90 Å². The largest absolute Gasteiger partial charge is 0.364 e. The second-order valence-corrected chi connectivity index (χ2v) is 6.60. The number of fused-ring (bicyclic) bond motifs is 1. The number of hydrogen-bond acceptors (Lipinski definition) is 3. The average Bonchev–Trinajstić information content (AvgIpc) is 2.50. The SMILES string of the molecule is CC1CC(CN)(N2CCCc3ccccc32)CCN1C. The molecule has 1 aromatic carbocycles. The molecule has 2 unspecified atom stereocenters. The molecule has 0 amide bonds. The van der Waals surface area contributed by atoms with E-state index < -0.39 is 0 Å². The third-order valence-electron chi connectivity index (χ3n) is 5.42. The zero-order valence-electron chi connectivity index (χ0n) is 12.8. The maximum absolute atomic E-state index is 6.27. The van der Waals surface area contributed by atoms with Crippen LogP contribution in [0.3, 0.4) is 0 Å². The number of hydrogen-bond donors (Lipinski definition) is 1. The third kappa shape index (κ3) is 2.23.